The van der Waals surface area contributed by atoms with E-state index < -0.39 is 0 Å². The van der Waals surface area contributed by atoms with Gasteiger partial charge in [0.15, 0.2) is 0 Å². The van der Waals surface area contributed by atoms with Crippen LogP contribution in [0.5, 0.6) is 0 Å². The van der Waals surface area contributed by atoms with Crippen LogP contribution in [0.4, 0.5) is 0 Å². The minimum atomic E-state index is 0.903. The molecule has 2 nitrogen and oxygen atoms in total. The Balaban J connectivity index is 1.36. The molecule has 0 radical (unpaired) electrons. The highest BCUT2D eigenvalue weighted by atomic mass is 79.9. The highest BCUT2D eigenvalue weighted by Gasteiger charge is 2.25. The van der Waals surface area contributed by atoms with Gasteiger partial charge in [0, 0.05) is 31.5 Å². The maximum atomic E-state index is 5.47. The van der Waals surface area contributed by atoms with E-state index in [9.17, 15) is 0 Å². The van der Waals surface area contributed by atoms with E-state index in [0.29, 0.717) is 0 Å². The lowest BCUT2D eigenvalue weighted by Crippen LogP contribution is -2.05. The second-order valence-corrected chi connectivity index (χ2v) is 14.8. The molecule has 0 N–H and O–H groups in total. The molecule has 0 spiro atoms. The van der Waals surface area contributed by atoms with Crippen LogP contribution in [0.25, 0.3) is 39.1 Å². The van der Waals surface area contributed by atoms with E-state index in [4.69, 9.17) is 4.99 Å². The van der Waals surface area contributed by atoms with Crippen molar-refractivity contribution in [1.29, 1.82) is 0 Å². The third-order valence-corrected chi connectivity index (χ3v) is 10.9. The van der Waals surface area contributed by atoms with Crippen molar-refractivity contribution in [3.8, 4) is 33.5 Å². The Labute approximate surface area is 314 Å². The predicted octanol–water partition coefficient (Wildman–Crippen LogP) is 12.2. The van der Waals surface area contributed by atoms with Crippen LogP contribution in [0, 0.1) is 13.8 Å². The van der Waals surface area contributed by atoms with Gasteiger partial charge in [-0.15, -0.1) is 0 Å². The van der Waals surface area contributed by atoms with Crippen LogP contribution in [0.1, 0.15) is 53.8 Å². The number of aliphatic imine (C=N–C) groups is 1. The van der Waals surface area contributed by atoms with Gasteiger partial charge in [-0.2, -0.15) is 0 Å². The minimum Gasteiger partial charge on any atom is -0.392 e. The quantitative estimate of drug-likeness (QED) is 0.137. The highest BCUT2D eigenvalue weighted by Crippen LogP contribution is 2.40. The van der Waals surface area contributed by atoms with Gasteiger partial charge in [-0.1, -0.05) is 137 Å². The largest absolute Gasteiger partial charge is 0.392 e. The lowest BCUT2D eigenvalue weighted by molar-refractivity contribution is 1.13. The Hall–Kier alpha value is -4.45. The molecule has 0 unspecified atom stereocenters. The number of aromatic nitrogens is 1. The van der Waals surface area contributed by atoms with Crippen LogP contribution in [-0.4, -0.2) is 18.2 Å². The van der Waals surface area contributed by atoms with E-state index >= 15 is 0 Å². The Morgan fingerprint density at radius 2 is 1.08 bits per heavy atom. The van der Waals surface area contributed by atoms with E-state index in [1.54, 1.807) is 0 Å². The molecule has 1 aromatic heterocycles. The Kier molecular flexibility index (Phi) is 9.81. The molecule has 2 heterocycles. The van der Waals surface area contributed by atoms with E-state index in [0.717, 1.165) is 38.8 Å². The Morgan fingerprint density at radius 1 is 0.620 bits per heavy atom. The molecule has 0 fully saturated rings. The molecule has 5 heteroatoms. The van der Waals surface area contributed by atoms with E-state index in [-0.39, 0.29) is 0 Å². The molecule has 1 aliphatic heterocycles. The molecular weight excluding hydrogens is 739 g/mol. The first-order valence-corrected chi connectivity index (χ1v) is 18.9. The van der Waals surface area contributed by atoms with Gasteiger partial charge in [-0.25, -0.2) is 4.99 Å². The van der Waals surface area contributed by atoms with Gasteiger partial charge in [0.2, 0.25) is 7.98 Å². The molecule has 0 saturated heterocycles. The number of aryl methyl sites for hydroxylation is 3. The van der Waals surface area contributed by atoms with Crippen molar-refractivity contribution in [3.05, 3.63) is 181 Å². The van der Waals surface area contributed by atoms with Gasteiger partial charge in [0.1, 0.15) is 0 Å². The summed E-state index contributed by atoms with van der Waals surface area (Å²) in [7, 11) is 2.21. The summed E-state index contributed by atoms with van der Waals surface area (Å²) < 4.78 is 4.56. The first-order valence-electron chi connectivity index (χ1n) is 17.3. The summed E-state index contributed by atoms with van der Waals surface area (Å²) in [6.45, 7) is 8.93. The summed E-state index contributed by atoms with van der Waals surface area (Å²) in [6.07, 6.45) is 4.16. The maximum Gasteiger partial charge on any atom is 0.223 e. The normalized spacial score (nSPS) is 13.7. The van der Waals surface area contributed by atoms with Gasteiger partial charge >= 0.3 is 0 Å². The molecule has 0 atom stereocenters. The van der Waals surface area contributed by atoms with E-state index in [2.05, 4.69) is 199 Å². The number of benzene rings is 5. The number of hydrogen-bond donors (Lipinski definition) is 0. The number of nitrogens with zero attached hydrogens (tertiary/aromatic N) is 2. The predicted molar refractivity (Wildman–Crippen MR) is 223 cm³/mol. The summed E-state index contributed by atoms with van der Waals surface area (Å²) >= 11 is 7.12. The Bertz CT molecular complexity index is 2270. The fourth-order valence-corrected chi connectivity index (χ4v) is 7.71. The first kappa shape index (κ1) is 34.0. The van der Waals surface area contributed by atoms with Gasteiger partial charge in [0.25, 0.3) is 0 Å². The zero-order valence-electron chi connectivity index (χ0n) is 29.2. The molecule has 7 rings (SSSR count). The number of hydrogen-bond acceptors (Lipinski definition) is 1. The van der Waals surface area contributed by atoms with Crippen molar-refractivity contribution >= 4 is 51.1 Å². The summed E-state index contributed by atoms with van der Waals surface area (Å²) in [5, 5.41) is 0. The minimum absolute atomic E-state index is 0.903. The molecule has 0 saturated carbocycles. The summed E-state index contributed by atoms with van der Waals surface area (Å²) in [6, 6.07) is 43.8. The first-order chi connectivity index (χ1) is 24.2. The maximum absolute atomic E-state index is 5.47. The van der Waals surface area contributed by atoms with Gasteiger partial charge in [-0.05, 0) is 119 Å². The molecule has 0 bridgehead atoms. The highest BCUT2D eigenvalue weighted by molar-refractivity contribution is 9.10. The van der Waals surface area contributed by atoms with Crippen molar-refractivity contribution in [2.45, 2.75) is 40.5 Å². The average Bonchev–Trinajstić information content (AvgIpc) is 3.71. The van der Waals surface area contributed by atoms with Gasteiger partial charge in [-0.3, -0.25) is 0 Å². The smallest absolute Gasteiger partial charge is 0.223 e. The fraction of sp³-hybridized carbons (Fsp3) is 0.133. The average molecular weight is 778 g/mol. The van der Waals surface area contributed by atoms with Crippen LogP contribution in [0.15, 0.2) is 153 Å². The van der Waals surface area contributed by atoms with Crippen LogP contribution in [0.2, 0.25) is 0 Å². The van der Waals surface area contributed by atoms with Gasteiger partial charge < -0.3 is 4.48 Å². The molecule has 0 aliphatic carbocycles. The fourth-order valence-electron chi connectivity index (χ4n) is 7.18. The molecule has 0 amide bonds. The van der Waals surface area contributed by atoms with Crippen molar-refractivity contribution < 1.29 is 0 Å². The lowest BCUT2D eigenvalue weighted by atomic mass is 9.91. The zero-order chi connectivity index (χ0) is 34.9. The number of rotatable bonds is 8. The lowest BCUT2D eigenvalue weighted by Gasteiger charge is -2.18. The summed E-state index contributed by atoms with van der Waals surface area (Å²) in [5.41, 5.74) is 19.2. The third-order valence-electron chi connectivity index (χ3n) is 9.84. The van der Waals surface area contributed by atoms with Crippen LogP contribution in [-0.2, 0) is 6.42 Å². The zero-order valence-corrected chi connectivity index (χ0v) is 32.4. The summed E-state index contributed by atoms with van der Waals surface area (Å²) in [4.78, 5) is 5.47. The van der Waals surface area contributed by atoms with Gasteiger partial charge in [0.05, 0.1) is 11.4 Å². The van der Waals surface area contributed by atoms with Crippen LogP contribution >= 0.6 is 31.9 Å². The second kappa shape index (κ2) is 14.4. The SMILES string of the molecule is Bn1c(/C(=C2/C=C(CC)C(c3ccc(-c4ccc(Br)cc4)cc3)=N2)c2c(C)cccc2C)cc(CC)c1-c1ccc(-c2ccc(Br)cc2)cc1. The standard InChI is InChI=1S/C45H39BBr2N2/c1-5-30-26-40(49-44(30)36-14-10-32(11-15-36)34-18-22-38(47)23-19-34)43(42-28(3)8-7-9-29(42)4)41-27-31(6-2)45(50(41)46)37-16-12-33(13-17-37)35-20-24-39(48)25-21-35/h7-27H,5-6,46H2,1-4H3/b43-40+. The number of halogens is 2. The Morgan fingerprint density at radius 3 is 1.56 bits per heavy atom. The third kappa shape index (κ3) is 6.57. The van der Waals surface area contributed by atoms with Crippen LogP contribution < -0.4 is 0 Å². The molecule has 1 aliphatic rings. The van der Waals surface area contributed by atoms with Crippen molar-refractivity contribution in [2.24, 2.45) is 4.99 Å². The molecule has 50 heavy (non-hydrogen) atoms. The molecule has 5 aromatic carbocycles. The second-order valence-electron chi connectivity index (χ2n) is 13.0. The van der Waals surface area contributed by atoms with E-state index in [1.165, 1.54) is 72.6 Å². The summed E-state index contributed by atoms with van der Waals surface area (Å²) in [5.74, 6) is 0. The molecular formula is C45H39BBr2N2. The number of allylic oxidation sites excluding steroid dienone is 2. The monoisotopic (exact) mass is 776 g/mol. The van der Waals surface area contributed by atoms with Crippen LogP contribution in [0.3, 0.4) is 0 Å². The van der Waals surface area contributed by atoms with Crippen molar-refractivity contribution in [1.82, 2.24) is 4.48 Å². The molecule has 6 aromatic rings. The molecule has 246 valence electrons. The van der Waals surface area contributed by atoms with Crippen molar-refractivity contribution in [2.75, 3.05) is 0 Å². The topological polar surface area (TPSA) is 17.3 Å². The van der Waals surface area contributed by atoms with E-state index in [1.807, 2.05) is 0 Å². The van der Waals surface area contributed by atoms with Crippen molar-refractivity contribution in [3.63, 3.8) is 0 Å².